The maximum absolute atomic E-state index is 9.66. The van der Waals surface area contributed by atoms with E-state index in [2.05, 4.69) is 131 Å². The third-order valence-corrected chi connectivity index (χ3v) is 9.84. The van der Waals surface area contributed by atoms with E-state index in [1.807, 2.05) is 48.5 Å². The normalized spacial score (nSPS) is 11.1. The van der Waals surface area contributed by atoms with Crippen molar-refractivity contribution in [2.45, 2.75) is 0 Å². The number of fused-ring (bicyclic) bond motifs is 5. The number of nitriles is 2. The van der Waals surface area contributed by atoms with Crippen LogP contribution in [0, 0.1) is 29.2 Å². The fourth-order valence-electron chi connectivity index (χ4n) is 7.63. The monoisotopic (exact) mass is 646 g/mol. The second-order valence-corrected chi connectivity index (χ2v) is 12.6. The Morgan fingerprint density at radius 1 is 0.451 bits per heavy atom. The molecule has 0 saturated carbocycles. The van der Waals surface area contributed by atoms with Crippen molar-refractivity contribution in [1.29, 1.82) is 10.5 Å². The third-order valence-electron chi connectivity index (χ3n) is 9.84. The smallest absolute Gasteiger partial charge is 0.195 e. The molecule has 1 heterocycles. The fraction of sp³-hybridized carbons (Fsp3) is 0. The van der Waals surface area contributed by atoms with Gasteiger partial charge in [0.2, 0.25) is 0 Å². The standard InChI is InChI=1S/C47H26N4/c1-50-43-21-20-35(51-44-22-18-30(28-48)24-41(44)42-25-31(29-49)19-23-45(42)51)27-40(43)33-12-9-13-34(26-33)47-38-16-7-5-14-36(38)46(32-10-3-2-4-11-32)37-15-6-8-17-39(37)47/h2-27H. The van der Waals surface area contributed by atoms with Gasteiger partial charge in [-0.3, -0.25) is 0 Å². The first-order valence-electron chi connectivity index (χ1n) is 16.7. The van der Waals surface area contributed by atoms with Crippen molar-refractivity contribution in [3.63, 3.8) is 0 Å². The molecule has 4 nitrogen and oxygen atoms in total. The van der Waals surface area contributed by atoms with Gasteiger partial charge in [0.15, 0.2) is 5.69 Å². The molecule has 9 aromatic rings. The first-order valence-corrected chi connectivity index (χ1v) is 16.7. The maximum Gasteiger partial charge on any atom is 0.195 e. The molecule has 1 aromatic heterocycles. The van der Waals surface area contributed by atoms with Crippen LogP contribution in [0.5, 0.6) is 0 Å². The average molecular weight is 647 g/mol. The number of aromatic nitrogens is 1. The lowest BCUT2D eigenvalue weighted by molar-refractivity contribution is 1.18. The first kappa shape index (κ1) is 29.7. The van der Waals surface area contributed by atoms with Gasteiger partial charge in [-0.1, -0.05) is 103 Å². The molecule has 0 saturated heterocycles. The van der Waals surface area contributed by atoms with Gasteiger partial charge in [0.05, 0.1) is 40.9 Å². The van der Waals surface area contributed by atoms with E-state index in [-0.39, 0.29) is 0 Å². The van der Waals surface area contributed by atoms with E-state index < -0.39 is 0 Å². The van der Waals surface area contributed by atoms with Crippen molar-refractivity contribution in [2.75, 3.05) is 0 Å². The predicted octanol–water partition coefficient (Wildman–Crippen LogP) is 12.4. The maximum atomic E-state index is 9.66. The third kappa shape index (κ3) is 4.74. The highest BCUT2D eigenvalue weighted by Gasteiger charge is 2.19. The molecule has 0 unspecified atom stereocenters. The Kier molecular flexibility index (Phi) is 6.93. The van der Waals surface area contributed by atoms with E-state index in [1.54, 1.807) is 0 Å². The van der Waals surface area contributed by atoms with Gasteiger partial charge in [0.25, 0.3) is 0 Å². The minimum Gasteiger partial charge on any atom is -0.309 e. The molecule has 8 aromatic carbocycles. The van der Waals surface area contributed by atoms with E-state index in [1.165, 1.54) is 32.7 Å². The Morgan fingerprint density at radius 3 is 1.51 bits per heavy atom. The van der Waals surface area contributed by atoms with Gasteiger partial charge < -0.3 is 4.57 Å². The molecule has 0 aliphatic heterocycles. The number of hydrogen-bond acceptors (Lipinski definition) is 2. The van der Waals surface area contributed by atoms with Crippen LogP contribution in [0.25, 0.3) is 87.3 Å². The molecule has 0 aliphatic carbocycles. The van der Waals surface area contributed by atoms with Crippen LogP contribution < -0.4 is 0 Å². The molecule has 0 radical (unpaired) electrons. The van der Waals surface area contributed by atoms with Crippen LogP contribution in [-0.4, -0.2) is 4.57 Å². The number of benzene rings is 8. The minimum atomic E-state index is 0.557. The van der Waals surface area contributed by atoms with E-state index in [4.69, 9.17) is 6.57 Å². The van der Waals surface area contributed by atoms with E-state index >= 15 is 0 Å². The molecule has 0 bridgehead atoms. The summed E-state index contributed by atoms with van der Waals surface area (Å²) in [6.45, 7) is 8.13. The highest BCUT2D eigenvalue weighted by Crippen LogP contribution is 2.45. The first-order chi connectivity index (χ1) is 25.2. The predicted molar refractivity (Wildman–Crippen MR) is 208 cm³/mol. The van der Waals surface area contributed by atoms with Crippen molar-refractivity contribution < 1.29 is 0 Å². The summed E-state index contributed by atoms with van der Waals surface area (Å²) >= 11 is 0. The summed E-state index contributed by atoms with van der Waals surface area (Å²) in [6, 6.07) is 58.1. The topological polar surface area (TPSA) is 56.9 Å². The van der Waals surface area contributed by atoms with Crippen molar-refractivity contribution in [3.8, 4) is 51.2 Å². The number of rotatable bonds is 4. The van der Waals surface area contributed by atoms with Crippen molar-refractivity contribution in [3.05, 3.63) is 180 Å². The molecule has 0 atom stereocenters. The quantitative estimate of drug-likeness (QED) is 0.141. The van der Waals surface area contributed by atoms with Gasteiger partial charge >= 0.3 is 0 Å². The molecule has 0 amide bonds. The summed E-state index contributed by atoms with van der Waals surface area (Å²) in [7, 11) is 0. The van der Waals surface area contributed by atoms with Crippen LogP contribution in [0.4, 0.5) is 5.69 Å². The number of hydrogen-bond donors (Lipinski definition) is 0. The largest absolute Gasteiger partial charge is 0.309 e. The van der Waals surface area contributed by atoms with Gasteiger partial charge in [0.1, 0.15) is 0 Å². The molecule has 0 fully saturated rings. The second-order valence-electron chi connectivity index (χ2n) is 12.6. The average Bonchev–Trinajstić information content (AvgIpc) is 3.52. The highest BCUT2D eigenvalue weighted by atomic mass is 15.0. The van der Waals surface area contributed by atoms with Crippen LogP contribution >= 0.6 is 0 Å². The highest BCUT2D eigenvalue weighted by molar-refractivity contribution is 6.21. The van der Waals surface area contributed by atoms with Crippen molar-refractivity contribution in [1.82, 2.24) is 4.57 Å². The lowest BCUT2D eigenvalue weighted by Crippen LogP contribution is -1.95. The van der Waals surface area contributed by atoms with Gasteiger partial charge in [-0.05, 0) is 110 Å². The van der Waals surface area contributed by atoms with Crippen LogP contribution in [0.2, 0.25) is 0 Å². The van der Waals surface area contributed by atoms with Gasteiger partial charge in [0, 0.05) is 16.5 Å². The number of nitrogens with zero attached hydrogens (tertiary/aromatic N) is 4. The van der Waals surface area contributed by atoms with Gasteiger partial charge in [-0.2, -0.15) is 10.5 Å². The fourth-order valence-corrected chi connectivity index (χ4v) is 7.63. The molecule has 9 rings (SSSR count). The Morgan fingerprint density at radius 2 is 0.961 bits per heavy atom. The molecule has 0 N–H and O–H groups in total. The van der Waals surface area contributed by atoms with Crippen LogP contribution in [0.3, 0.4) is 0 Å². The molecule has 51 heavy (non-hydrogen) atoms. The lowest BCUT2D eigenvalue weighted by atomic mass is 9.85. The summed E-state index contributed by atoms with van der Waals surface area (Å²) in [5.41, 5.74) is 10.8. The van der Waals surface area contributed by atoms with Crippen LogP contribution in [0.15, 0.2) is 158 Å². The Hall–Kier alpha value is -7.45. The summed E-state index contributed by atoms with van der Waals surface area (Å²) in [5.74, 6) is 0. The van der Waals surface area contributed by atoms with Crippen LogP contribution in [0.1, 0.15) is 11.1 Å². The zero-order valence-electron chi connectivity index (χ0n) is 27.3. The molecule has 0 spiro atoms. The van der Waals surface area contributed by atoms with Gasteiger partial charge in [-0.25, -0.2) is 4.85 Å². The molecular formula is C47H26N4. The minimum absolute atomic E-state index is 0.557. The Bertz CT molecular complexity index is 2870. The molecule has 0 aliphatic rings. The van der Waals surface area contributed by atoms with Crippen molar-refractivity contribution >= 4 is 49.0 Å². The Labute approximate surface area is 294 Å². The Balaban J connectivity index is 1.27. The van der Waals surface area contributed by atoms with E-state index in [0.717, 1.165) is 49.7 Å². The zero-order chi connectivity index (χ0) is 34.5. The van der Waals surface area contributed by atoms with E-state index in [0.29, 0.717) is 16.8 Å². The van der Waals surface area contributed by atoms with Crippen molar-refractivity contribution in [2.24, 2.45) is 0 Å². The SMILES string of the molecule is [C-]#[N+]c1ccc(-n2c3ccc(C#N)cc3c3cc(C#N)ccc32)cc1-c1cccc(-c2c3ccccc3c(-c3ccccc3)c3ccccc23)c1. The second kappa shape index (κ2) is 11.9. The molecule has 234 valence electrons. The summed E-state index contributed by atoms with van der Waals surface area (Å²) < 4.78 is 2.15. The summed E-state index contributed by atoms with van der Waals surface area (Å²) in [4.78, 5) is 3.96. The molecule has 4 heteroatoms. The summed E-state index contributed by atoms with van der Waals surface area (Å²) in [5, 5.41) is 25.9. The van der Waals surface area contributed by atoms with Gasteiger partial charge in [-0.15, -0.1) is 0 Å². The summed E-state index contributed by atoms with van der Waals surface area (Å²) in [6.07, 6.45) is 0. The zero-order valence-corrected chi connectivity index (χ0v) is 27.3. The molecular weight excluding hydrogens is 621 g/mol. The van der Waals surface area contributed by atoms with Crippen LogP contribution in [-0.2, 0) is 0 Å². The van der Waals surface area contributed by atoms with E-state index in [9.17, 15) is 10.5 Å². The lowest BCUT2D eigenvalue weighted by Gasteiger charge is -2.18.